The number of hydrogen-bond donors (Lipinski definition) is 2. The van der Waals surface area contributed by atoms with Gasteiger partial charge in [0.25, 0.3) is 5.91 Å². The lowest BCUT2D eigenvalue weighted by molar-refractivity contribution is -0.154. The smallest absolute Gasteiger partial charge is 0.347 e. The van der Waals surface area contributed by atoms with Gasteiger partial charge in [0.2, 0.25) is 5.91 Å². The van der Waals surface area contributed by atoms with Crippen LogP contribution >= 0.6 is 0 Å². The van der Waals surface area contributed by atoms with Gasteiger partial charge >= 0.3 is 5.97 Å². The maximum Gasteiger partial charge on any atom is 0.347 e. The fraction of sp³-hybridized carbons (Fsp3) is 0.471. The molecule has 132 valence electrons. The number of benzene rings is 1. The number of amides is 2. The third-order valence-electron chi connectivity index (χ3n) is 3.17. The number of hydrogen-bond acceptors (Lipinski definition) is 5. The zero-order chi connectivity index (χ0) is 18.3. The average molecular weight is 336 g/mol. The molecule has 0 aliphatic rings. The number of carbonyl (C=O) groups excluding carboxylic acids is 3. The van der Waals surface area contributed by atoms with E-state index in [9.17, 15) is 14.4 Å². The summed E-state index contributed by atoms with van der Waals surface area (Å²) in [4.78, 5) is 33.6. The molecule has 24 heavy (non-hydrogen) atoms. The van der Waals surface area contributed by atoms with Crippen LogP contribution in [0.25, 0.3) is 0 Å². The van der Waals surface area contributed by atoms with Gasteiger partial charge < -0.3 is 20.5 Å². The van der Waals surface area contributed by atoms with E-state index in [-0.39, 0.29) is 12.0 Å². The van der Waals surface area contributed by atoms with E-state index >= 15 is 0 Å². The Kier molecular flexibility index (Phi) is 6.76. The second-order valence-electron chi connectivity index (χ2n) is 6.39. The summed E-state index contributed by atoms with van der Waals surface area (Å²) in [5, 5.41) is 2.21. The minimum Gasteiger partial charge on any atom is -0.479 e. The topological polar surface area (TPSA) is 108 Å². The summed E-state index contributed by atoms with van der Waals surface area (Å²) >= 11 is 0. The highest BCUT2D eigenvalue weighted by Gasteiger charge is 2.19. The molecule has 0 unspecified atom stereocenters. The molecule has 1 atom stereocenters. The molecule has 0 aliphatic heterocycles. The predicted molar refractivity (Wildman–Crippen MR) is 88.4 cm³/mol. The highest BCUT2D eigenvalue weighted by Crippen LogP contribution is 2.24. The summed E-state index contributed by atoms with van der Waals surface area (Å²) in [6.07, 6.45) is -0.866. The van der Waals surface area contributed by atoms with Gasteiger partial charge in [0.15, 0.2) is 12.7 Å². The molecule has 0 spiro atoms. The highest BCUT2D eigenvalue weighted by molar-refractivity contribution is 5.86. The predicted octanol–water partition coefficient (Wildman–Crippen LogP) is 0.896. The minimum absolute atomic E-state index is 0.0291. The molecule has 0 aliphatic carbocycles. The third-order valence-corrected chi connectivity index (χ3v) is 3.17. The van der Waals surface area contributed by atoms with Crippen molar-refractivity contribution in [2.45, 2.75) is 39.2 Å². The van der Waals surface area contributed by atoms with Gasteiger partial charge in [-0.3, -0.25) is 9.59 Å². The number of ether oxygens (including phenoxy) is 2. The molecule has 1 aromatic carbocycles. The van der Waals surface area contributed by atoms with Crippen LogP contribution in [0.3, 0.4) is 0 Å². The van der Waals surface area contributed by atoms with Gasteiger partial charge in [-0.2, -0.15) is 0 Å². The van der Waals surface area contributed by atoms with Crippen molar-refractivity contribution < 1.29 is 23.9 Å². The van der Waals surface area contributed by atoms with Crippen LogP contribution in [-0.4, -0.2) is 37.0 Å². The number of esters is 1. The van der Waals surface area contributed by atoms with Crippen molar-refractivity contribution in [2.24, 2.45) is 5.73 Å². The molecule has 7 heteroatoms. The van der Waals surface area contributed by atoms with E-state index in [0.717, 1.165) is 5.56 Å². The zero-order valence-corrected chi connectivity index (χ0v) is 14.4. The monoisotopic (exact) mass is 336 g/mol. The molecule has 3 N–H and O–H groups in total. The number of carbonyl (C=O) groups is 3. The molecule has 0 heterocycles. The zero-order valence-electron chi connectivity index (χ0n) is 14.4. The summed E-state index contributed by atoms with van der Waals surface area (Å²) in [5.41, 5.74) is 6.07. The Labute approximate surface area is 141 Å². The SMILES string of the molecule is C[C@H](Oc1ccc(C(C)(C)C)cc1)C(=O)OCC(=O)NCC(N)=O. The Hall–Kier alpha value is -2.57. The van der Waals surface area contributed by atoms with Crippen LogP contribution < -0.4 is 15.8 Å². The van der Waals surface area contributed by atoms with Crippen molar-refractivity contribution in [3.8, 4) is 5.75 Å². The van der Waals surface area contributed by atoms with Gasteiger partial charge in [-0.15, -0.1) is 0 Å². The Morgan fingerprint density at radius 2 is 1.75 bits per heavy atom. The number of nitrogens with two attached hydrogens (primary N) is 1. The summed E-state index contributed by atoms with van der Waals surface area (Å²) in [5.74, 6) is -1.43. The van der Waals surface area contributed by atoms with E-state index in [1.807, 2.05) is 12.1 Å². The highest BCUT2D eigenvalue weighted by atomic mass is 16.6. The summed E-state index contributed by atoms with van der Waals surface area (Å²) in [7, 11) is 0. The second-order valence-corrected chi connectivity index (χ2v) is 6.39. The molecule has 0 bridgehead atoms. The first-order valence-electron chi connectivity index (χ1n) is 7.58. The standard InChI is InChI=1S/C17H24N2O5/c1-11(16(22)23-10-15(21)19-9-14(18)20)24-13-7-5-12(6-8-13)17(2,3)4/h5-8,11H,9-10H2,1-4H3,(H2,18,20)(H,19,21)/t11-/m0/s1. The summed E-state index contributed by atoms with van der Waals surface area (Å²) in [6, 6.07) is 7.43. The van der Waals surface area contributed by atoms with Crippen LogP contribution in [0.15, 0.2) is 24.3 Å². The quantitative estimate of drug-likeness (QED) is 0.719. The van der Waals surface area contributed by atoms with E-state index < -0.39 is 30.5 Å². The molecule has 1 rings (SSSR count). The lowest BCUT2D eigenvalue weighted by Gasteiger charge is -2.20. The average Bonchev–Trinajstić information content (AvgIpc) is 2.50. The van der Waals surface area contributed by atoms with E-state index in [1.165, 1.54) is 6.92 Å². The molecule has 0 saturated carbocycles. The molecule has 0 radical (unpaired) electrons. The van der Waals surface area contributed by atoms with Gasteiger partial charge in [0.05, 0.1) is 6.54 Å². The van der Waals surface area contributed by atoms with Gasteiger partial charge in [-0.1, -0.05) is 32.9 Å². The van der Waals surface area contributed by atoms with Gasteiger partial charge in [-0.25, -0.2) is 4.79 Å². The van der Waals surface area contributed by atoms with E-state index in [0.29, 0.717) is 5.75 Å². The number of nitrogens with one attached hydrogen (secondary N) is 1. The number of primary amides is 1. The van der Waals surface area contributed by atoms with E-state index in [4.69, 9.17) is 15.2 Å². The van der Waals surface area contributed by atoms with Gasteiger partial charge in [0.1, 0.15) is 5.75 Å². The molecule has 0 fully saturated rings. The molecular formula is C17H24N2O5. The van der Waals surface area contributed by atoms with Gasteiger partial charge in [-0.05, 0) is 30.0 Å². The molecule has 0 aromatic heterocycles. The maximum atomic E-state index is 11.8. The van der Waals surface area contributed by atoms with Crippen LogP contribution in [0, 0.1) is 0 Å². The van der Waals surface area contributed by atoms with E-state index in [2.05, 4.69) is 26.1 Å². The van der Waals surface area contributed by atoms with Gasteiger partial charge in [0, 0.05) is 0 Å². The maximum absolute atomic E-state index is 11.8. The first-order valence-corrected chi connectivity index (χ1v) is 7.58. The molecule has 2 amide bonds. The fourth-order valence-electron chi connectivity index (χ4n) is 1.78. The van der Waals surface area contributed by atoms with Crippen LogP contribution in [0.4, 0.5) is 0 Å². The lowest BCUT2D eigenvalue weighted by Crippen LogP contribution is -2.37. The number of rotatable bonds is 7. The Bertz CT molecular complexity index is 590. The summed E-state index contributed by atoms with van der Waals surface area (Å²) < 4.78 is 10.3. The third kappa shape index (κ3) is 6.68. The van der Waals surface area contributed by atoms with Crippen molar-refractivity contribution >= 4 is 17.8 Å². The van der Waals surface area contributed by atoms with Crippen LogP contribution in [-0.2, 0) is 24.5 Å². The van der Waals surface area contributed by atoms with Crippen LogP contribution in [0.5, 0.6) is 5.75 Å². The van der Waals surface area contributed by atoms with Crippen molar-refractivity contribution in [2.75, 3.05) is 13.2 Å². The minimum atomic E-state index is -0.866. The van der Waals surface area contributed by atoms with Crippen molar-refractivity contribution in [1.82, 2.24) is 5.32 Å². The van der Waals surface area contributed by atoms with Crippen LogP contribution in [0.2, 0.25) is 0 Å². The molecular weight excluding hydrogens is 312 g/mol. The first kappa shape index (κ1) is 19.5. The summed E-state index contributed by atoms with van der Waals surface area (Å²) in [6.45, 7) is 7.04. The second kappa shape index (κ2) is 8.33. The van der Waals surface area contributed by atoms with Crippen LogP contribution in [0.1, 0.15) is 33.3 Å². The lowest BCUT2D eigenvalue weighted by atomic mass is 9.87. The molecule has 1 aromatic rings. The Morgan fingerprint density at radius 3 is 2.25 bits per heavy atom. The Morgan fingerprint density at radius 1 is 1.17 bits per heavy atom. The normalized spacial score (nSPS) is 12.2. The van der Waals surface area contributed by atoms with Crippen molar-refractivity contribution in [1.29, 1.82) is 0 Å². The largest absolute Gasteiger partial charge is 0.479 e. The Balaban J connectivity index is 2.46. The molecule has 7 nitrogen and oxygen atoms in total. The van der Waals surface area contributed by atoms with E-state index in [1.54, 1.807) is 12.1 Å². The van der Waals surface area contributed by atoms with Crippen molar-refractivity contribution in [3.05, 3.63) is 29.8 Å². The molecule has 0 saturated heterocycles. The first-order chi connectivity index (χ1) is 11.1. The van der Waals surface area contributed by atoms with Crippen molar-refractivity contribution in [3.63, 3.8) is 0 Å². The fourth-order valence-corrected chi connectivity index (χ4v) is 1.78.